The lowest BCUT2D eigenvalue weighted by molar-refractivity contribution is -0.115. The topological polar surface area (TPSA) is 76.7 Å². The minimum absolute atomic E-state index is 0.0288. The summed E-state index contributed by atoms with van der Waals surface area (Å²) in [4.78, 5) is 24.4. The Labute approximate surface area is 157 Å². The van der Waals surface area contributed by atoms with E-state index >= 15 is 0 Å². The third-order valence-corrected chi connectivity index (χ3v) is 4.57. The van der Waals surface area contributed by atoms with E-state index in [9.17, 15) is 9.59 Å². The van der Waals surface area contributed by atoms with Gasteiger partial charge in [-0.25, -0.2) is 0 Å². The third kappa shape index (κ3) is 4.98. The zero-order chi connectivity index (χ0) is 19.1. The highest BCUT2D eigenvalue weighted by atomic mass is 32.1. The molecular formula is C19H24N2O4S. The lowest BCUT2D eigenvalue weighted by atomic mass is 10.1. The number of anilines is 1. The molecule has 0 aliphatic carbocycles. The average molecular weight is 376 g/mol. The molecule has 0 saturated heterocycles. The Morgan fingerprint density at radius 2 is 2.00 bits per heavy atom. The van der Waals surface area contributed by atoms with Crippen molar-refractivity contribution in [2.75, 3.05) is 19.5 Å². The highest BCUT2D eigenvalue weighted by Gasteiger charge is 2.18. The SMILES string of the molecule is CCC(=O)Nc1cc(C(=O)NC(C)Cc2ccsc2)cc(OC)c1OC. The van der Waals surface area contributed by atoms with Gasteiger partial charge in [0.2, 0.25) is 5.91 Å². The van der Waals surface area contributed by atoms with Crippen molar-refractivity contribution >= 4 is 28.8 Å². The van der Waals surface area contributed by atoms with Gasteiger partial charge in [0.1, 0.15) is 0 Å². The van der Waals surface area contributed by atoms with Crippen LogP contribution in [0.2, 0.25) is 0 Å². The van der Waals surface area contributed by atoms with Crippen LogP contribution in [0, 0.1) is 0 Å². The van der Waals surface area contributed by atoms with Crippen molar-refractivity contribution < 1.29 is 19.1 Å². The van der Waals surface area contributed by atoms with Crippen molar-refractivity contribution in [3.8, 4) is 11.5 Å². The van der Waals surface area contributed by atoms with Gasteiger partial charge in [-0.2, -0.15) is 11.3 Å². The van der Waals surface area contributed by atoms with Crippen molar-refractivity contribution in [2.24, 2.45) is 0 Å². The van der Waals surface area contributed by atoms with Crippen molar-refractivity contribution in [1.29, 1.82) is 0 Å². The van der Waals surface area contributed by atoms with Gasteiger partial charge in [-0.3, -0.25) is 9.59 Å². The molecule has 2 aromatic rings. The fourth-order valence-electron chi connectivity index (χ4n) is 2.55. The first-order valence-corrected chi connectivity index (χ1v) is 9.30. The van der Waals surface area contributed by atoms with Crippen molar-refractivity contribution in [2.45, 2.75) is 32.7 Å². The molecule has 2 N–H and O–H groups in total. The molecule has 2 rings (SSSR count). The van der Waals surface area contributed by atoms with Gasteiger partial charge in [0.05, 0.1) is 19.9 Å². The third-order valence-electron chi connectivity index (χ3n) is 3.84. The van der Waals surface area contributed by atoms with Crippen LogP contribution in [0.5, 0.6) is 11.5 Å². The van der Waals surface area contributed by atoms with Crippen LogP contribution in [-0.2, 0) is 11.2 Å². The lowest BCUT2D eigenvalue weighted by Gasteiger charge is -2.17. The molecule has 1 aromatic carbocycles. The van der Waals surface area contributed by atoms with E-state index in [1.807, 2.05) is 18.4 Å². The Bertz CT molecular complexity index is 759. The summed E-state index contributed by atoms with van der Waals surface area (Å²) in [5.41, 5.74) is 1.99. The molecule has 1 unspecified atom stereocenters. The highest BCUT2D eigenvalue weighted by molar-refractivity contribution is 7.07. The molecule has 7 heteroatoms. The van der Waals surface area contributed by atoms with Crippen LogP contribution in [0.25, 0.3) is 0 Å². The Morgan fingerprint density at radius 3 is 2.58 bits per heavy atom. The molecule has 26 heavy (non-hydrogen) atoms. The molecular weight excluding hydrogens is 352 g/mol. The van der Waals surface area contributed by atoms with E-state index < -0.39 is 0 Å². The van der Waals surface area contributed by atoms with Gasteiger partial charge in [-0.15, -0.1) is 0 Å². The van der Waals surface area contributed by atoms with E-state index in [2.05, 4.69) is 16.0 Å². The zero-order valence-corrected chi connectivity index (χ0v) is 16.2. The van der Waals surface area contributed by atoms with Crippen LogP contribution >= 0.6 is 11.3 Å². The number of hydrogen-bond acceptors (Lipinski definition) is 5. The zero-order valence-electron chi connectivity index (χ0n) is 15.4. The predicted octanol–water partition coefficient (Wildman–Crippen LogP) is 3.47. The molecule has 1 aromatic heterocycles. The number of nitrogens with one attached hydrogen (secondary N) is 2. The first-order chi connectivity index (χ1) is 12.5. The number of carbonyl (C=O) groups excluding carboxylic acids is 2. The summed E-state index contributed by atoms with van der Waals surface area (Å²) in [6, 6.07) is 5.22. The lowest BCUT2D eigenvalue weighted by Crippen LogP contribution is -2.34. The summed E-state index contributed by atoms with van der Waals surface area (Å²) in [6.07, 6.45) is 1.07. The monoisotopic (exact) mass is 376 g/mol. The normalized spacial score (nSPS) is 11.5. The summed E-state index contributed by atoms with van der Waals surface area (Å²) in [7, 11) is 2.98. The first kappa shape index (κ1) is 19.8. The van der Waals surface area contributed by atoms with Crippen molar-refractivity contribution in [3.63, 3.8) is 0 Å². The molecule has 1 heterocycles. The molecule has 2 amide bonds. The van der Waals surface area contributed by atoms with E-state index in [4.69, 9.17) is 9.47 Å². The molecule has 0 fully saturated rings. The second kappa shape index (κ2) is 9.24. The number of benzene rings is 1. The second-order valence-electron chi connectivity index (χ2n) is 5.87. The molecule has 0 aliphatic rings. The minimum atomic E-state index is -0.235. The number of rotatable bonds is 8. The van der Waals surface area contributed by atoms with E-state index in [-0.39, 0.29) is 17.9 Å². The van der Waals surface area contributed by atoms with Gasteiger partial charge in [-0.05, 0) is 47.9 Å². The Kier molecular flexibility index (Phi) is 7.03. The van der Waals surface area contributed by atoms with Crippen LogP contribution in [-0.4, -0.2) is 32.1 Å². The number of ether oxygens (including phenoxy) is 2. The van der Waals surface area contributed by atoms with Gasteiger partial charge in [0.25, 0.3) is 5.91 Å². The minimum Gasteiger partial charge on any atom is -0.493 e. The summed E-state index contributed by atoms with van der Waals surface area (Å²) in [6.45, 7) is 3.71. The maximum absolute atomic E-state index is 12.6. The van der Waals surface area contributed by atoms with Crippen LogP contribution in [0.3, 0.4) is 0 Å². The fraction of sp³-hybridized carbons (Fsp3) is 0.368. The number of thiophene rings is 1. The molecule has 6 nitrogen and oxygen atoms in total. The maximum atomic E-state index is 12.6. The number of amides is 2. The van der Waals surface area contributed by atoms with Gasteiger partial charge in [-0.1, -0.05) is 6.92 Å². The van der Waals surface area contributed by atoms with Gasteiger partial charge >= 0.3 is 0 Å². The first-order valence-electron chi connectivity index (χ1n) is 8.36. The van der Waals surface area contributed by atoms with E-state index in [1.165, 1.54) is 19.8 Å². The Morgan fingerprint density at radius 1 is 1.23 bits per heavy atom. The molecule has 0 aliphatic heterocycles. The van der Waals surface area contributed by atoms with Crippen LogP contribution < -0.4 is 20.1 Å². The molecule has 1 atom stereocenters. The Balaban J connectivity index is 2.22. The van der Waals surface area contributed by atoms with Crippen LogP contribution in [0.4, 0.5) is 5.69 Å². The number of hydrogen-bond donors (Lipinski definition) is 2. The summed E-state index contributed by atoms with van der Waals surface area (Å²) in [5, 5.41) is 9.80. The predicted molar refractivity (Wildman–Crippen MR) is 103 cm³/mol. The second-order valence-corrected chi connectivity index (χ2v) is 6.65. The number of methoxy groups -OCH3 is 2. The smallest absolute Gasteiger partial charge is 0.251 e. The van der Waals surface area contributed by atoms with Crippen LogP contribution in [0.15, 0.2) is 29.0 Å². The summed E-state index contributed by atoms with van der Waals surface area (Å²) in [5.74, 6) is 0.364. The standard InChI is InChI=1S/C19H24N2O4S/c1-5-17(22)21-15-9-14(10-16(24-3)18(15)25-4)19(23)20-12(2)8-13-6-7-26-11-13/h6-7,9-12H,5,8H2,1-4H3,(H,20,23)(H,21,22). The van der Waals surface area contributed by atoms with Gasteiger partial charge in [0.15, 0.2) is 11.5 Å². The number of carbonyl (C=O) groups is 2. The molecule has 0 radical (unpaired) electrons. The van der Waals surface area contributed by atoms with E-state index in [1.54, 1.807) is 30.4 Å². The summed E-state index contributed by atoms with van der Waals surface area (Å²) >= 11 is 1.63. The van der Waals surface area contributed by atoms with Crippen molar-refractivity contribution in [3.05, 3.63) is 40.1 Å². The molecule has 0 spiro atoms. The molecule has 140 valence electrons. The van der Waals surface area contributed by atoms with Gasteiger partial charge in [0, 0.05) is 18.0 Å². The highest BCUT2D eigenvalue weighted by Crippen LogP contribution is 2.36. The van der Waals surface area contributed by atoms with Crippen molar-refractivity contribution in [1.82, 2.24) is 5.32 Å². The Hall–Kier alpha value is -2.54. The fourth-order valence-corrected chi connectivity index (χ4v) is 3.23. The summed E-state index contributed by atoms with van der Waals surface area (Å²) < 4.78 is 10.6. The maximum Gasteiger partial charge on any atom is 0.251 e. The van der Waals surface area contributed by atoms with Gasteiger partial charge < -0.3 is 20.1 Å². The molecule has 0 saturated carbocycles. The van der Waals surface area contributed by atoms with E-state index in [0.717, 1.165) is 6.42 Å². The van der Waals surface area contributed by atoms with Crippen LogP contribution in [0.1, 0.15) is 36.2 Å². The quantitative estimate of drug-likeness (QED) is 0.740. The largest absolute Gasteiger partial charge is 0.493 e. The average Bonchev–Trinajstić information content (AvgIpc) is 3.13. The molecule has 0 bridgehead atoms. The van der Waals surface area contributed by atoms with E-state index in [0.29, 0.717) is 29.2 Å².